The van der Waals surface area contributed by atoms with Crippen molar-refractivity contribution in [3.8, 4) is 5.75 Å². The van der Waals surface area contributed by atoms with Crippen molar-refractivity contribution in [3.05, 3.63) is 24.3 Å². The zero-order chi connectivity index (χ0) is 16.5. The summed E-state index contributed by atoms with van der Waals surface area (Å²) in [6.07, 6.45) is 5.47. The fraction of sp³-hybridized carbons (Fsp3) is 0.588. The van der Waals surface area contributed by atoms with Crippen LogP contribution >= 0.6 is 11.8 Å². The predicted octanol–water partition coefficient (Wildman–Crippen LogP) is 3.03. The Labute approximate surface area is 143 Å². The average Bonchev–Trinajstić information content (AvgIpc) is 2.56. The minimum atomic E-state index is -0.157. The first-order valence-electron chi connectivity index (χ1n) is 8.16. The molecule has 5 nitrogen and oxygen atoms in total. The van der Waals surface area contributed by atoms with Gasteiger partial charge in [-0.2, -0.15) is 11.8 Å². The first kappa shape index (κ1) is 17.9. The number of piperidine rings is 1. The van der Waals surface area contributed by atoms with Crippen LogP contribution in [0.3, 0.4) is 0 Å². The molecule has 2 amide bonds. The highest BCUT2D eigenvalue weighted by molar-refractivity contribution is 7.98. The molecule has 1 saturated heterocycles. The van der Waals surface area contributed by atoms with E-state index in [0.29, 0.717) is 12.6 Å². The van der Waals surface area contributed by atoms with E-state index in [2.05, 4.69) is 28.8 Å². The number of hydrogen-bond acceptors (Lipinski definition) is 4. The Morgan fingerprint density at radius 2 is 2.00 bits per heavy atom. The molecule has 1 fully saturated rings. The van der Waals surface area contributed by atoms with Gasteiger partial charge in [-0.3, -0.25) is 0 Å². The second-order valence-electron chi connectivity index (χ2n) is 5.87. The lowest BCUT2D eigenvalue weighted by Gasteiger charge is -2.29. The van der Waals surface area contributed by atoms with E-state index in [9.17, 15) is 4.79 Å². The Hall–Kier alpha value is -1.40. The Bertz CT molecular complexity index is 473. The van der Waals surface area contributed by atoms with Crippen molar-refractivity contribution in [1.82, 2.24) is 10.2 Å². The molecule has 0 spiro atoms. The SMILES string of the molecule is CSCCCNC(=O)Nc1ccc(OC2CCN(C)CC2)cc1. The number of benzene rings is 1. The molecule has 1 aliphatic rings. The fourth-order valence-electron chi connectivity index (χ4n) is 2.51. The molecule has 0 aromatic heterocycles. The maximum Gasteiger partial charge on any atom is 0.319 e. The van der Waals surface area contributed by atoms with Gasteiger partial charge in [0.2, 0.25) is 0 Å². The fourth-order valence-corrected chi connectivity index (χ4v) is 2.94. The Morgan fingerprint density at radius 1 is 1.30 bits per heavy atom. The number of thioether (sulfide) groups is 1. The van der Waals surface area contributed by atoms with Crippen LogP contribution in [-0.2, 0) is 0 Å². The summed E-state index contributed by atoms with van der Waals surface area (Å²) >= 11 is 1.78. The maximum atomic E-state index is 11.7. The lowest BCUT2D eigenvalue weighted by molar-refractivity contribution is 0.114. The zero-order valence-electron chi connectivity index (χ0n) is 14.0. The second kappa shape index (κ2) is 9.67. The molecule has 0 radical (unpaired) electrons. The van der Waals surface area contributed by atoms with E-state index in [1.54, 1.807) is 11.8 Å². The number of anilines is 1. The lowest BCUT2D eigenvalue weighted by atomic mass is 10.1. The smallest absolute Gasteiger partial charge is 0.319 e. The molecule has 2 N–H and O–H groups in total. The van der Waals surface area contributed by atoms with Crippen LogP contribution in [0.5, 0.6) is 5.75 Å². The van der Waals surface area contributed by atoms with Gasteiger partial charge in [-0.05, 0) is 62.6 Å². The van der Waals surface area contributed by atoms with Gasteiger partial charge >= 0.3 is 6.03 Å². The molecule has 0 saturated carbocycles. The number of amides is 2. The molecule has 0 unspecified atom stereocenters. The molecule has 2 rings (SSSR count). The molecule has 0 aliphatic carbocycles. The number of likely N-dealkylation sites (tertiary alicyclic amines) is 1. The van der Waals surface area contributed by atoms with Gasteiger partial charge in [-0.25, -0.2) is 4.79 Å². The van der Waals surface area contributed by atoms with Crippen molar-refractivity contribution < 1.29 is 9.53 Å². The van der Waals surface area contributed by atoms with Gasteiger partial charge in [0.25, 0.3) is 0 Å². The van der Waals surface area contributed by atoms with Crippen LogP contribution in [0.15, 0.2) is 24.3 Å². The third kappa shape index (κ3) is 6.71. The summed E-state index contributed by atoms with van der Waals surface area (Å²) in [5.41, 5.74) is 0.781. The summed E-state index contributed by atoms with van der Waals surface area (Å²) in [4.78, 5) is 14.1. The number of carbonyl (C=O) groups excluding carboxylic acids is 1. The van der Waals surface area contributed by atoms with Crippen molar-refractivity contribution in [1.29, 1.82) is 0 Å². The third-order valence-electron chi connectivity index (χ3n) is 3.89. The van der Waals surface area contributed by atoms with Gasteiger partial charge in [-0.15, -0.1) is 0 Å². The molecule has 128 valence electrons. The van der Waals surface area contributed by atoms with E-state index in [1.807, 2.05) is 24.3 Å². The first-order chi connectivity index (χ1) is 11.2. The maximum absolute atomic E-state index is 11.7. The van der Waals surface area contributed by atoms with E-state index < -0.39 is 0 Å². The van der Waals surface area contributed by atoms with Crippen LogP contribution in [0.25, 0.3) is 0 Å². The van der Waals surface area contributed by atoms with Gasteiger partial charge in [0, 0.05) is 25.3 Å². The van der Waals surface area contributed by atoms with E-state index in [1.165, 1.54) is 0 Å². The monoisotopic (exact) mass is 337 g/mol. The molecule has 6 heteroatoms. The van der Waals surface area contributed by atoms with E-state index in [-0.39, 0.29) is 6.03 Å². The van der Waals surface area contributed by atoms with Gasteiger partial charge in [0.1, 0.15) is 11.9 Å². The first-order valence-corrected chi connectivity index (χ1v) is 9.56. The quantitative estimate of drug-likeness (QED) is 0.751. The Balaban J connectivity index is 1.72. The highest BCUT2D eigenvalue weighted by atomic mass is 32.2. The molecule has 1 aromatic carbocycles. The van der Waals surface area contributed by atoms with Crippen LogP contribution in [0, 0.1) is 0 Å². The molecule has 0 atom stereocenters. The Kier molecular flexibility index (Phi) is 7.55. The van der Waals surface area contributed by atoms with Crippen LogP contribution in [0.2, 0.25) is 0 Å². The largest absolute Gasteiger partial charge is 0.490 e. The predicted molar refractivity (Wildman–Crippen MR) is 97.6 cm³/mol. The summed E-state index contributed by atoms with van der Waals surface area (Å²) in [6.45, 7) is 2.87. The van der Waals surface area contributed by atoms with E-state index >= 15 is 0 Å². The second-order valence-corrected chi connectivity index (χ2v) is 6.86. The number of nitrogens with zero attached hydrogens (tertiary/aromatic N) is 1. The summed E-state index contributed by atoms with van der Waals surface area (Å²) in [5, 5.41) is 5.69. The van der Waals surface area contributed by atoms with Gasteiger partial charge in [0.05, 0.1) is 0 Å². The third-order valence-corrected chi connectivity index (χ3v) is 4.59. The molecule has 1 aromatic rings. The molecule has 1 aliphatic heterocycles. The highest BCUT2D eigenvalue weighted by Crippen LogP contribution is 2.20. The van der Waals surface area contributed by atoms with E-state index in [4.69, 9.17) is 4.74 Å². The van der Waals surface area contributed by atoms with Crippen molar-refractivity contribution in [2.75, 3.05) is 44.0 Å². The van der Waals surface area contributed by atoms with Crippen LogP contribution in [0.1, 0.15) is 19.3 Å². The average molecular weight is 337 g/mol. The molecule has 23 heavy (non-hydrogen) atoms. The van der Waals surface area contributed by atoms with Gasteiger partial charge in [-0.1, -0.05) is 0 Å². The molecular weight excluding hydrogens is 310 g/mol. The topological polar surface area (TPSA) is 53.6 Å². The van der Waals surface area contributed by atoms with Gasteiger partial charge < -0.3 is 20.3 Å². The summed E-state index contributed by atoms with van der Waals surface area (Å²) in [5.74, 6) is 1.92. The van der Waals surface area contributed by atoms with Crippen molar-refractivity contribution in [2.45, 2.75) is 25.4 Å². The summed E-state index contributed by atoms with van der Waals surface area (Å²) in [6, 6.07) is 7.44. The zero-order valence-corrected chi connectivity index (χ0v) is 14.8. The molecular formula is C17H27N3O2S. The number of urea groups is 1. The number of rotatable bonds is 7. The van der Waals surface area contributed by atoms with Crippen LogP contribution in [0.4, 0.5) is 10.5 Å². The normalized spacial score (nSPS) is 16.1. The molecule has 1 heterocycles. The Morgan fingerprint density at radius 3 is 2.65 bits per heavy atom. The van der Waals surface area contributed by atoms with Crippen LogP contribution < -0.4 is 15.4 Å². The van der Waals surface area contributed by atoms with Crippen molar-refractivity contribution >= 4 is 23.5 Å². The van der Waals surface area contributed by atoms with Gasteiger partial charge in [0.15, 0.2) is 0 Å². The number of carbonyl (C=O) groups is 1. The standard InChI is InChI=1S/C17H27N3O2S/c1-20-11-8-16(9-12-20)22-15-6-4-14(5-7-15)19-17(21)18-10-3-13-23-2/h4-7,16H,3,8-13H2,1-2H3,(H2,18,19,21). The number of hydrogen-bond donors (Lipinski definition) is 2. The summed E-state index contributed by atoms with van der Waals surface area (Å²) in [7, 11) is 2.14. The van der Waals surface area contributed by atoms with Crippen molar-refractivity contribution in [2.24, 2.45) is 0 Å². The van der Waals surface area contributed by atoms with Crippen LogP contribution in [-0.4, -0.2) is 55.7 Å². The minimum Gasteiger partial charge on any atom is -0.490 e. The summed E-state index contributed by atoms with van der Waals surface area (Å²) < 4.78 is 6.00. The number of ether oxygens (including phenoxy) is 1. The highest BCUT2D eigenvalue weighted by Gasteiger charge is 2.17. The van der Waals surface area contributed by atoms with E-state index in [0.717, 1.165) is 49.5 Å². The molecule has 0 bridgehead atoms. The lowest BCUT2D eigenvalue weighted by Crippen LogP contribution is -2.35. The van der Waals surface area contributed by atoms with Crippen molar-refractivity contribution in [3.63, 3.8) is 0 Å². The number of nitrogens with one attached hydrogen (secondary N) is 2. The minimum absolute atomic E-state index is 0.157.